The molecule has 108 valence electrons. The molecule has 0 spiro atoms. The number of aryl methyl sites for hydroxylation is 2. The van der Waals surface area contributed by atoms with E-state index in [0.717, 1.165) is 36.0 Å². The molecule has 1 aliphatic rings. The Hall–Kier alpha value is -1.64. The molecule has 2 atom stereocenters. The molecule has 3 nitrogen and oxygen atoms in total. The number of carbonyl (C=O) groups is 2. The van der Waals surface area contributed by atoms with Gasteiger partial charge in [0.05, 0.1) is 5.54 Å². The predicted molar refractivity (Wildman–Crippen MR) is 79.7 cm³/mol. The first-order valence-corrected chi connectivity index (χ1v) is 7.32. The maximum absolute atomic E-state index is 12.7. The van der Waals surface area contributed by atoms with Crippen LogP contribution in [0.5, 0.6) is 0 Å². The number of ketones is 1. The Morgan fingerprint density at radius 3 is 2.55 bits per heavy atom. The van der Waals surface area contributed by atoms with E-state index in [1.54, 1.807) is 0 Å². The maximum Gasteiger partial charge on any atom is 0.235 e. The van der Waals surface area contributed by atoms with E-state index in [1.807, 2.05) is 39.0 Å². The molecule has 0 radical (unpaired) electrons. The van der Waals surface area contributed by atoms with Gasteiger partial charge in [-0.1, -0.05) is 43.5 Å². The summed E-state index contributed by atoms with van der Waals surface area (Å²) >= 11 is 0. The monoisotopic (exact) mass is 273 g/mol. The topological polar surface area (TPSA) is 46.2 Å². The van der Waals surface area contributed by atoms with Crippen molar-refractivity contribution in [3.05, 3.63) is 34.9 Å². The zero-order valence-electron chi connectivity index (χ0n) is 12.7. The maximum atomic E-state index is 12.7. The van der Waals surface area contributed by atoms with Gasteiger partial charge in [-0.25, -0.2) is 0 Å². The lowest BCUT2D eigenvalue weighted by molar-refractivity contribution is -0.125. The highest BCUT2D eigenvalue weighted by atomic mass is 16.2. The predicted octanol–water partition coefficient (Wildman–Crippen LogP) is 3.03. The third kappa shape index (κ3) is 2.49. The summed E-state index contributed by atoms with van der Waals surface area (Å²) in [7, 11) is 0. The number of Topliss-reactive ketones (excluding diaryl/α,β-unsaturated/α-hetero) is 1. The lowest BCUT2D eigenvalue weighted by Gasteiger charge is -2.22. The Morgan fingerprint density at radius 2 is 1.95 bits per heavy atom. The minimum absolute atomic E-state index is 0.0166. The van der Waals surface area contributed by atoms with Crippen molar-refractivity contribution < 1.29 is 9.59 Å². The summed E-state index contributed by atoms with van der Waals surface area (Å²) in [5.41, 5.74) is 2.30. The first-order chi connectivity index (χ1) is 9.39. The molecule has 2 unspecified atom stereocenters. The average Bonchev–Trinajstić information content (AvgIpc) is 2.59. The van der Waals surface area contributed by atoms with Gasteiger partial charge in [-0.2, -0.15) is 0 Å². The second-order valence-electron chi connectivity index (χ2n) is 6.08. The van der Waals surface area contributed by atoms with Crippen LogP contribution in [0.3, 0.4) is 0 Å². The molecule has 1 heterocycles. The highest BCUT2D eigenvalue weighted by Gasteiger charge is 2.49. The fourth-order valence-electron chi connectivity index (χ4n) is 2.99. The van der Waals surface area contributed by atoms with Crippen molar-refractivity contribution in [3.8, 4) is 0 Å². The van der Waals surface area contributed by atoms with Crippen molar-refractivity contribution in [2.45, 2.75) is 58.4 Å². The summed E-state index contributed by atoms with van der Waals surface area (Å²) in [5.74, 6) is -0.777. The minimum atomic E-state index is -0.699. The molecular weight excluding hydrogens is 250 g/mol. The highest BCUT2D eigenvalue weighted by Crippen LogP contribution is 2.34. The van der Waals surface area contributed by atoms with Gasteiger partial charge in [-0.15, -0.1) is 0 Å². The summed E-state index contributed by atoms with van der Waals surface area (Å²) in [5, 5.41) is 2.92. The summed E-state index contributed by atoms with van der Waals surface area (Å²) in [6.45, 7) is 7.92. The number of hydrogen-bond donors (Lipinski definition) is 1. The van der Waals surface area contributed by atoms with Gasteiger partial charge < -0.3 is 5.32 Å². The van der Waals surface area contributed by atoms with Gasteiger partial charge in [0.25, 0.3) is 0 Å². The van der Waals surface area contributed by atoms with E-state index >= 15 is 0 Å². The van der Waals surface area contributed by atoms with Crippen molar-refractivity contribution >= 4 is 11.7 Å². The number of hydrogen-bond acceptors (Lipinski definition) is 2. The smallest absolute Gasteiger partial charge is 0.235 e. The summed E-state index contributed by atoms with van der Waals surface area (Å²) in [4.78, 5) is 25.0. The number of nitrogens with one attached hydrogen (secondary N) is 1. The normalized spacial score (nSPS) is 25.9. The third-order valence-electron chi connectivity index (χ3n) is 4.23. The molecule has 0 saturated carbocycles. The Bertz CT molecular complexity index is 550. The van der Waals surface area contributed by atoms with E-state index in [4.69, 9.17) is 0 Å². The molecule has 1 amide bonds. The zero-order valence-corrected chi connectivity index (χ0v) is 12.7. The molecular formula is C17H23NO2. The molecule has 0 aliphatic carbocycles. The number of carbonyl (C=O) groups excluding carboxylic acids is 2. The van der Waals surface area contributed by atoms with Crippen LogP contribution in [0.4, 0.5) is 0 Å². The molecule has 2 rings (SSSR count). The number of unbranched alkanes of at least 4 members (excludes halogenated alkanes) is 1. The van der Waals surface area contributed by atoms with Crippen LogP contribution in [-0.4, -0.2) is 17.2 Å². The van der Waals surface area contributed by atoms with Gasteiger partial charge in [0.15, 0.2) is 5.78 Å². The molecule has 1 N–H and O–H groups in total. The van der Waals surface area contributed by atoms with Gasteiger partial charge in [0, 0.05) is 0 Å². The van der Waals surface area contributed by atoms with E-state index in [0.29, 0.717) is 0 Å². The van der Waals surface area contributed by atoms with E-state index in [1.165, 1.54) is 0 Å². The second kappa shape index (κ2) is 5.39. The Morgan fingerprint density at radius 1 is 1.25 bits per heavy atom. The van der Waals surface area contributed by atoms with Crippen molar-refractivity contribution in [3.63, 3.8) is 0 Å². The molecule has 1 saturated heterocycles. The van der Waals surface area contributed by atoms with E-state index in [9.17, 15) is 9.59 Å². The molecule has 3 heteroatoms. The molecule has 1 fully saturated rings. The molecule has 1 aromatic carbocycles. The molecule has 0 aromatic heterocycles. The minimum Gasteiger partial charge on any atom is -0.343 e. The van der Waals surface area contributed by atoms with Crippen LogP contribution >= 0.6 is 0 Å². The zero-order chi connectivity index (χ0) is 14.9. The van der Waals surface area contributed by atoms with Crippen LogP contribution in [0.15, 0.2) is 18.2 Å². The molecule has 1 aromatic rings. The van der Waals surface area contributed by atoms with Crippen LogP contribution < -0.4 is 5.32 Å². The molecule has 20 heavy (non-hydrogen) atoms. The van der Waals surface area contributed by atoms with Gasteiger partial charge in [0.1, 0.15) is 5.92 Å². The van der Waals surface area contributed by atoms with Crippen LogP contribution in [0, 0.1) is 13.8 Å². The van der Waals surface area contributed by atoms with Gasteiger partial charge >= 0.3 is 0 Å². The summed E-state index contributed by atoms with van der Waals surface area (Å²) in [6.07, 6.45) is 2.69. The van der Waals surface area contributed by atoms with Crippen LogP contribution in [0.1, 0.15) is 55.7 Å². The van der Waals surface area contributed by atoms with Gasteiger partial charge in [0.2, 0.25) is 5.91 Å². The molecule has 1 aliphatic heterocycles. The van der Waals surface area contributed by atoms with E-state index < -0.39 is 11.5 Å². The van der Waals surface area contributed by atoms with Crippen molar-refractivity contribution in [1.29, 1.82) is 0 Å². The standard InChI is InChI=1S/C17H23NO2/c1-5-6-9-17(4)15(19)14(16(20)18-17)13-8-7-11(2)10-12(13)3/h7-8,10,14H,5-6,9H2,1-4H3,(H,18,20). The van der Waals surface area contributed by atoms with Crippen molar-refractivity contribution in [2.24, 2.45) is 0 Å². The number of rotatable bonds is 4. The van der Waals surface area contributed by atoms with E-state index in [2.05, 4.69) is 12.2 Å². The van der Waals surface area contributed by atoms with Gasteiger partial charge in [-0.05, 0) is 38.3 Å². The van der Waals surface area contributed by atoms with Gasteiger partial charge in [-0.3, -0.25) is 9.59 Å². The Labute approximate surface area is 120 Å². The Balaban J connectivity index is 2.33. The lowest BCUT2D eigenvalue weighted by Crippen LogP contribution is -2.43. The van der Waals surface area contributed by atoms with Crippen molar-refractivity contribution in [2.75, 3.05) is 0 Å². The fraction of sp³-hybridized carbons (Fsp3) is 0.529. The first kappa shape index (κ1) is 14.8. The van der Waals surface area contributed by atoms with Crippen molar-refractivity contribution in [1.82, 2.24) is 5.32 Å². The Kier molecular flexibility index (Phi) is 3.98. The SMILES string of the molecule is CCCCC1(C)NC(=O)C(c2ccc(C)cc2C)C1=O. The number of amides is 1. The number of benzene rings is 1. The fourth-order valence-corrected chi connectivity index (χ4v) is 2.99. The largest absolute Gasteiger partial charge is 0.343 e. The van der Waals surface area contributed by atoms with E-state index in [-0.39, 0.29) is 11.7 Å². The van der Waals surface area contributed by atoms with Crippen LogP contribution in [-0.2, 0) is 9.59 Å². The second-order valence-corrected chi connectivity index (χ2v) is 6.08. The lowest BCUT2D eigenvalue weighted by atomic mass is 9.83. The summed E-state index contributed by atoms with van der Waals surface area (Å²) in [6, 6.07) is 5.90. The summed E-state index contributed by atoms with van der Waals surface area (Å²) < 4.78 is 0. The first-order valence-electron chi connectivity index (χ1n) is 7.32. The van der Waals surface area contributed by atoms with Crippen LogP contribution in [0.2, 0.25) is 0 Å². The third-order valence-corrected chi connectivity index (χ3v) is 4.23. The van der Waals surface area contributed by atoms with Crippen LogP contribution in [0.25, 0.3) is 0 Å². The average molecular weight is 273 g/mol. The highest BCUT2D eigenvalue weighted by molar-refractivity contribution is 6.17. The molecule has 0 bridgehead atoms. The quantitative estimate of drug-likeness (QED) is 0.857.